The fourth-order valence-electron chi connectivity index (χ4n) is 3.19. The summed E-state index contributed by atoms with van der Waals surface area (Å²) >= 11 is 3.56. The molecule has 2 aliphatic rings. The van der Waals surface area contributed by atoms with Crippen molar-refractivity contribution in [3.8, 4) is 0 Å². The smallest absolute Gasteiger partial charge is 0.223 e. The molecular weight excluding hydrogens is 346 g/mol. The van der Waals surface area contributed by atoms with E-state index in [4.69, 9.17) is 4.74 Å². The van der Waals surface area contributed by atoms with Gasteiger partial charge in [0, 0.05) is 45.0 Å². The summed E-state index contributed by atoms with van der Waals surface area (Å²) < 4.78 is 6.34. The first-order chi connectivity index (χ1) is 10.7. The van der Waals surface area contributed by atoms with E-state index in [-0.39, 0.29) is 0 Å². The number of carbonyl (C=O) groups is 1. The molecule has 6 heteroatoms. The third-order valence-electron chi connectivity index (χ3n) is 4.53. The maximum atomic E-state index is 12.3. The predicted molar refractivity (Wildman–Crippen MR) is 88.9 cm³/mol. The second-order valence-corrected chi connectivity index (χ2v) is 6.81. The van der Waals surface area contributed by atoms with Crippen LogP contribution < -0.4 is 4.90 Å². The van der Waals surface area contributed by atoms with Crippen LogP contribution in [0.5, 0.6) is 0 Å². The number of halogens is 1. The van der Waals surface area contributed by atoms with Crippen molar-refractivity contribution in [3.63, 3.8) is 0 Å². The first kappa shape index (κ1) is 15.7. The minimum Gasteiger partial charge on any atom is -0.378 e. The molecule has 120 valence electrons. The highest BCUT2D eigenvalue weighted by Crippen LogP contribution is 2.30. The van der Waals surface area contributed by atoms with Gasteiger partial charge < -0.3 is 14.5 Å². The van der Waals surface area contributed by atoms with Crippen LogP contribution in [0.15, 0.2) is 22.9 Å². The molecule has 0 aliphatic carbocycles. The van der Waals surface area contributed by atoms with Crippen LogP contribution in [0.4, 0.5) is 5.69 Å². The zero-order valence-electron chi connectivity index (χ0n) is 12.7. The van der Waals surface area contributed by atoms with Gasteiger partial charge in [0.25, 0.3) is 0 Å². The largest absolute Gasteiger partial charge is 0.378 e. The number of ether oxygens (including phenoxy) is 1. The minimum atomic E-state index is 0.298. The molecule has 3 rings (SSSR count). The zero-order chi connectivity index (χ0) is 15.4. The number of hydrogen-bond donors (Lipinski definition) is 0. The summed E-state index contributed by atoms with van der Waals surface area (Å²) in [5, 5.41) is 0. The molecule has 0 N–H and O–H groups in total. The van der Waals surface area contributed by atoms with E-state index in [0.717, 1.165) is 43.5 Å². The lowest BCUT2D eigenvalue weighted by atomic mass is 9.92. The molecular formula is C16H22BrN3O2. The molecule has 1 amide bonds. The summed E-state index contributed by atoms with van der Waals surface area (Å²) in [7, 11) is 0. The number of carbonyl (C=O) groups excluding carboxylic acids is 1. The lowest BCUT2D eigenvalue weighted by Crippen LogP contribution is -2.42. The maximum absolute atomic E-state index is 12.3. The molecule has 3 heterocycles. The molecule has 1 aromatic heterocycles. The van der Waals surface area contributed by atoms with E-state index in [2.05, 4.69) is 25.8 Å². The van der Waals surface area contributed by atoms with Gasteiger partial charge in [0.05, 0.1) is 23.4 Å². The summed E-state index contributed by atoms with van der Waals surface area (Å²) in [6.45, 7) is 4.87. The molecule has 0 saturated carbocycles. The number of nitrogens with zero attached hydrogens (tertiary/aromatic N) is 3. The molecule has 0 radical (unpaired) electrons. The topological polar surface area (TPSA) is 45.7 Å². The number of rotatable bonds is 3. The average Bonchev–Trinajstić information content (AvgIpc) is 2.57. The second-order valence-electron chi connectivity index (χ2n) is 5.95. The van der Waals surface area contributed by atoms with Gasteiger partial charge in [-0.25, -0.2) is 0 Å². The molecule has 22 heavy (non-hydrogen) atoms. The van der Waals surface area contributed by atoms with Gasteiger partial charge in [0.2, 0.25) is 5.91 Å². The van der Waals surface area contributed by atoms with Crippen LogP contribution in [0.3, 0.4) is 0 Å². The number of amides is 1. The molecule has 1 aromatic rings. The van der Waals surface area contributed by atoms with Gasteiger partial charge in [-0.3, -0.25) is 9.78 Å². The highest BCUT2D eigenvalue weighted by molar-refractivity contribution is 9.10. The van der Waals surface area contributed by atoms with Gasteiger partial charge in [-0.1, -0.05) is 0 Å². The van der Waals surface area contributed by atoms with Crippen LogP contribution in [-0.4, -0.2) is 55.2 Å². The summed E-state index contributed by atoms with van der Waals surface area (Å²) in [6, 6.07) is 2.04. The first-order valence-electron chi connectivity index (χ1n) is 7.94. The van der Waals surface area contributed by atoms with Crippen molar-refractivity contribution >= 4 is 27.5 Å². The Morgan fingerprint density at radius 3 is 2.68 bits per heavy atom. The van der Waals surface area contributed by atoms with Crippen LogP contribution in [0.1, 0.15) is 19.3 Å². The van der Waals surface area contributed by atoms with E-state index < -0.39 is 0 Å². The monoisotopic (exact) mass is 367 g/mol. The molecule has 0 atom stereocenters. The Morgan fingerprint density at radius 1 is 1.27 bits per heavy atom. The van der Waals surface area contributed by atoms with E-state index in [1.54, 1.807) is 0 Å². The van der Waals surface area contributed by atoms with E-state index in [9.17, 15) is 4.79 Å². The SMILES string of the molecule is O=C(CC1CCN(c2ccncc2Br)CC1)N1CCOCC1. The Hall–Kier alpha value is -1.14. The molecule has 0 bridgehead atoms. The lowest BCUT2D eigenvalue weighted by Gasteiger charge is -2.35. The second kappa shape index (κ2) is 7.42. The van der Waals surface area contributed by atoms with E-state index in [1.807, 2.05) is 23.4 Å². The Bertz CT molecular complexity index is 512. The zero-order valence-corrected chi connectivity index (χ0v) is 14.3. The van der Waals surface area contributed by atoms with Crippen molar-refractivity contribution in [2.24, 2.45) is 5.92 Å². The summed E-state index contributed by atoms with van der Waals surface area (Å²) in [5.41, 5.74) is 1.20. The van der Waals surface area contributed by atoms with Crippen molar-refractivity contribution in [2.75, 3.05) is 44.3 Å². The van der Waals surface area contributed by atoms with Crippen molar-refractivity contribution < 1.29 is 9.53 Å². The van der Waals surface area contributed by atoms with Crippen molar-refractivity contribution in [3.05, 3.63) is 22.9 Å². The molecule has 0 unspecified atom stereocenters. The van der Waals surface area contributed by atoms with E-state index in [0.29, 0.717) is 31.5 Å². The number of anilines is 1. The average molecular weight is 368 g/mol. The van der Waals surface area contributed by atoms with Crippen LogP contribution in [0.25, 0.3) is 0 Å². The maximum Gasteiger partial charge on any atom is 0.223 e. The van der Waals surface area contributed by atoms with E-state index in [1.165, 1.54) is 5.69 Å². The van der Waals surface area contributed by atoms with Crippen LogP contribution in [0, 0.1) is 5.92 Å². The van der Waals surface area contributed by atoms with Crippen LogP contribution in [-0.2, 0) is 9.53 Å². The summed E-state index contributed by atoms with van der Waals surface area (Å²) in [4.78, 5) is 20.8. The molecule has 2 aliphatic heterocycles. The number of pyridine rings is 1. The third-order valence-corrected chi connectivity index (χ3v) is 5.14. The number of hydrogen-bond acceptors (Lipinski definition) is 4. The van der Waals surface area contributed by atoms with Gasteiger partial charge >= 0.3 is 0 Å². The molecule has 0 spiro atoms. The third kappa shape index (κ3) is 3.79. The number of aromatic nitrogens is 1. The van der Waals surface area contributed by atoms with Gasteiger partial charge in [-0.05, 0) is 40.8 Å². The highest BCUT2D eigenvalue weighted by Gasteiger charge is 2.25. The summed E-state index contributed by atoms with van der Waals surface area (Å²) in [6.07, 6.45) is 6.50. The summed E-state index contributed by atoms with van der Waals surface area (Å²) in [5.74, 6) is 0.805. The fraction of sp³-hybridized carbons (Fsp3) is 0.625. The number of piperidine rings is 1. The van der Waals surface area contributed by atoms with Gasteiger partial charge in [0.1, 0.15) is 0 Å². The predicted octanol–water partition coefficient (Wildman–Crippen LogP) is 2.31. The first-order valence-corrected chi connectivity index (χ1v) is 8.73. The Morgan fingerprint density at radius 2 is 2.00 bits per heavy atom. The Labute approximate surface area is 139 Å². The number of morpholine rings is 1. The Kier molecular flexibility index (Phi) is 5.31. The molecule has 5 nitrogen and oxygen atoms in total. The Balaban J connectivity index is 1.49. The lowest BCUT2D eigenvalue weighted by molar-refractivity contribution is -0.136. The van der Waals surface area contributed by atoms with Crippen molar-refractivity contribution in [1.82, 2.24) is 9.88 Å². The molecule has 0 aromatic carbocycles. The minimum absolute atomic E-state index is 0.298. The van der Waals surface area contributed by atoms with Crippen LogP contribution >= 0.6 is 15.9 Å². The van der Waals surface area contributed by atoms with Crippen molar-refractivity contribution in [1.29, 1.82) is 0 Å². The molecule has 2 fully saturated rings. The quantitative estimate of drug-likeness (QED) is 0.822. The fourth-order valence-corrected chi connectivity index (χ4v) is 3.69. The van der Waals surface area contributed by atoms with E-state index >= 15 is 0 Å². The van der Waals surface area contributed by atoms with Gasteiger partial charge in [-0.15, -0.1) is 0 Å². The van der Waals surface area contributed by atoms with Crippen molar-refractivity contribution in [2.45, 2.75) is 19.3 Å². The normalized spacial score (nSPS) is 20.2. The highest BCUT2D eigenvalue weighted by atomic mass is 79.9. The van der Waals surface area contributed by atoms with Gasteiger partial charge in [-0.2, -0.15) is 0 Å². The molecule has 2 saturated heterocycles. The van der Waals surface area contributed by atoms with Crippen LogP contribution in [0.2, 0.25) is 0 Å². The van der Waals surface area contributed by atoms with Gasteiger partial charge in [0.15, 0.2) is 0 Å². The standard InChI is InChI=1S/C16H22BrN3O2/c17-14-12-18-4-1-15(14)19-5-2-13(3-6-19)11-16(21)20-7-9-22-10-8-20/h1,4,12-13H,2-3,5-11H2.